The van der Waals surface area contributed by atoms with Gasteiger partial charge in [-0.3, -0.25) is 4.98 Å². The van der Waals surface area contributed by atoms with Gasteiger partial charge in [0.2, 0.25) is 0 Å². The van der Waals surface area contributed by atoms with Gasteiger partial charge < -0.3 is 5.11 Å². The molecule has 0 saturated carbocycles. The predicted molar refractivity (Wildman–Crippen MR) is 85.0 cm³/mol. The summed E-state index contributed by atoms with van der Waals surface area (Å²) in [6, 6.07) is 16.2. The number of aliphatic hydroxyl groups excluding tert-OH is 1. The molecule has 0 amide bonds. The summed E-state index contributed by atoms with van der Waals surface area (Å²) in [6.45, 7) is 0. The molecule has 1 aromatic heterocycles. The molecule has 0 radical (unpaired) electrons. The summed E-state index contributed by atoms with van der Waals surface area (Å²) in [5.74, 6) is 0.256. The minimum Gasteiger partial charge on any atom is -0.392 e. The van der Waals surface area contributed by atoms with E-state index >= 15 is 0 Å². The Balaban J connectivity index is 1.94. The van der Waals surface area contributed by atoms with E-state index in [1.54, 1.807) is 6.20 Å². The fraction of sp³-hybridized carbons (Fsp3) is 0.316. The number of pyridine rings is 1. The minimum absolute atomic E-state index is 0.0519. The van der Waals surface area contributed by atoms with Gasteiger partial charge in [0, 0.05) is 6.20 Å². The molecule has 2 aromatic rings. The van der Waals surface area contributed by atoms with Gasteiger partial charge >= 0.3 is 0 Å². The first kappa shape index (κ1) is 14.0. The molecule has 1 aliphatic carbocycles. The maximum absolute atomic E-state index is 11.0. The lowest BCUT2D eigenvalue weighted by Crippen LogP contribution is -2.29. The molecule has 0 bridgehead atoms. The fourth-order valence-corrected chi connectivity index (χ4v) is 3.16. The first-order chi connectivity index (χ1) is 10.4. The van der Waals surface area contributed by atoms with Gasteiger partial charge in [-0.05, 0) is 42.9 Å². The molecule has 0 aliphatic heterocycles. The highest BCUT2D eigenvalue weighted by Gasteiger charge is 2.30. The molecule has 1 aromatic carbocycles. The Kier molecular flexibility index (Phi) is 4.46. The third kappa shape index (κ3) is 3.22. The number of aromatic nitrogens is 1. The summed E-state index contributed by atoms with van der Waals surface area (Å²) in [7, 11) is 0. The van der Waals surface area contributed by atoms with Crippen LogP contribution in [0.15, 0.2) is 66.9 Å². The van der Waals surface area contributed by atoms with Gasteiger partial charge in [0.1, 0.15) is 0 Å². The van der Waals surface area contributed by atoms with Crippen LogP contribution in [-0.4, -0.2) is 16.2 Å². The number of rotatable bonds is 4. The molecule has 3 rings (SSSR count). The number of hydrogen-bond donors (Lipinski definition) is 1. The van der Waals surface area contributed by atoms with Crippen molar-refractivity contribution in [3.8, 4) is 0 Å². The third-order valence-corrected chi connectivity index (χ3v) is 4.30. The van der Waals surface area contributed by atoms with Crippen LogP contribution in [0.1, 0.15) is 36.4 Å². The van der Waals surface area contributed by atoms with Crippen molar-refractivity contribution in [2.24, 2.45) is 5.92 Å². The van der Waals surface area contributed by atoms with Crippen molar-refractivity contribution in [2.45, 2.75) is 31.3 Å². The Morgan fingerprint density at radius 2 is 1.81 bits per heavy atom. The van der Waals surface area contributed by atoms with Gasteiger partial charge in [0.25, 0.3) is 0 Å². The van der Waals surface area contributed by atoms with Crippen LogP contribution in [0.3, 0.4) is 0 Å². The quantitative estimate of drug-likeness (QED) is 0.860. The van der Waals surface area contributed by atoms with Gasteiger partial charge in [-0.1, -0.05) is 48.6 Å². The van der Waals surface area contributed by atoms with Gasteiger partial charge in [0.05, 0.1) is 17.7 Å². The Bertz CT molecular complexity index is 540. The lowest BCUT2D eigenvalue weighted by Gasteiger charge is -2.30. The molecular weight excluding hydrogens is 258 g/mol. The topological polar surface area (TPSA) is 33.1 Å². The highest BCUT2D eigenvalue weighted by atomic mass is 16.3. The van der Waals surface area contributed by atoms with Crippen LogP contribution in [0.2, 0.25) is 0 Å². The van der Waals surface area contributed by atoms with Crippen LogP contribution in [-0.2, 0) is 0 Å². The van der Waals surface area contributed by atoms with E-state index in [1.165, 1.54) is 0 Å². The average molecular weight is 279 g/mol. The van der Waals surface area contributed by atoms with Crippen LogP contribution in [0, 0.1) is 5.92 Å². The molecule has 1 aliphatic rings. The molecule has 2 nitrogen and oxygen atoms in total. The summed E-state index contributed by atoms with van der Waals surface area (Å²) in [4.78, 5) is 4.49. The normalized spacial score (nSPS) is 20.9. The number of aliphatic hydroxyl groups is 1. The van der Waals surface area contributed by atoms with Crippen LogP contribution >= 0.6 is 0 Å². The lowest BCUT2D eigenvalue weighted by molar-refractivity contribution is 0.0853. The van der Waals surface area contributed by atoms with E-state index in [9.17, 15) is 5.11 Å². The monoisotopic (exact) mass is 279 g/mol. The first-order valence-corrected chi connectivity index (χ1v) is 7.65. The van der Waals surface area contributed by atoms with Crippen molar-refractivity contribution in [1.29, 1.82) is 0 Å². The van der Waals surface area contributed by atoms with Crippen LogP contribution in [0.4, 0.5) is 0 Å². The van der Waals surface area contributed by atoms with E-state index in [1.807, 2.05) is 36.4 Å². The average Bonchev–Trinajstić information content (AvgIpc) is 2.58. The van der Waals surface area contributed by atoms with Crippen molar-refractivity contribution in [3.63, 3.8) is 0 Å². The highest BCUT2D eigenvalue weighted by molar-refractivity contribution is 5.30. The summed E-state index contributed by atoms with van der Waals surface area (Å²) in [6.07, 6.45) is 8.88. The van der Waals surface area contributed by atoms with Crippen molar-refractivity contribution >= 4 is 0 Å². The van der Waals surface area contributed by atoms with Gasteiger partial charge in [-0.2, -0.15) is 0 Å². The van der Waals surface area contributed by atoms with Crippen LogP contribution in [0.5, 0.6) is 0 Å². The second-order valence-corrected chi connectivity index (χ2v) is 5.68. The Morgan fingerprint density at radius 1 is 1.00 bits per heavy atom. The largest absolute Gasteiger partial charge is 0.392 e. The molecule has 1 N–H and O–H groups in total. The minimum atomic E-state index is -0.396. The standard InChI is InChI=1S/C19H21NO/c21-19(16-11-5-2-6-12-16)18(15-9-3-1-4-10-15)17-13-7-8-14-20-17/h1-5,7-10,13-14,16,18-19,21H,6,11-12H2/t16-,18-,19-/m1/s1. The third-order valence-electron chi connectivity index (χ3n) is 4.30. The smallest absolute Gasteiger partial charge is 0.0695 e. The number of benzene rings is 1. The maximum Gasteiger partial charge on any atom is 0.0695 e. The first-order valence-electron chi connectivity index (χ1n) is 7.65. The zero-order valence-corrected chi connectivity index (χ0v) is 12.1. The fourth-order valence-electron chi connectivity index (χ4n) is 3.16. The molecule has 0 spiro atoms. The molecule has 108 valence electrons. The molecule has 0 fully saturated rings. The van der Waals surface area contributed by atoms with Crippen molar-refractivity contribution in [2.75, 3.05) is 0 Å². The van der Waals surface area contributed by atoms with E-state index < -0.39 is 6.10 Å². The molecule has 21 heavy (non-hydrogen) atoms. The molecular formula is C19H21NO. The lowest BCUT2D eigenvalue weighted by atomic mass is 9.78. The molecule has 1 heterocycles. The second kappa shape index (κ2) is 6.68. The van der Waals surface area contributed by atoms with Gasteiger partial charge in [-0.25, -0.2) is 0 Å². The number of allylic oxidation sites excluding steroid dienone is 2. The zero-order chi connectivity index (χ0) is 14.5. The Labute approximate surface area is 126 Å². The Hall–Kier alpha value is -1.93. The van der Waals surface area contributed by atoms with E-state index in [2.05, 4.69) is 29.3 Å². The zero-order valence-electron chi connectivity index (χ0n) is 12.1. The highest BCUT2D eigenvalue weighted by Crippen LogP contribution is 2.34. The summed E-state index contributed by atoms with van der Waals surface area (Å²) in [5.41, 5.74) is 2.09. The van der Waals surface area contributed by atoms with E-state index in [0.717, 1.165) is 30.5 Å². The molecule has 0 saturated heterocycles. The Morgan fingerprint density at radius 3 is 2.48 bits per heavy atom. The summed E-state index contributed by atoms with van der Waals surface area (Å²) < 4.78 is 0. The summed E-state index contributed by atoms with van der Waals surface area (Å²) in [5, 5.41) is 11.0. The molecule has 0 unspecified atom stereocenters. The second-order valence-electron chi connectivity index (χ2n) is 5.68. The SMILES string of the molecule is O[C@H]([C@@H]1CC=CCC1)[C@H](c1ccccc1)c1ccccn1. The maximum atomic E-state index is 11.0. The van der Waals surface area contributed by atoms with E-state index in [4.69, 9.17) is 0 Å². The van der Waals surface area contributed by atoms with E-state index in [0.29, 0.717) is 5.92 Å². The van der Waals surface area contributed by atoms with Gasteiger partial charge in [-0.15, -0.1) is 0 Å². The summed E-state index contributed by atoms with van der Waals surface area (Å²) >= 11 is 0. The number of hydrogen-bond acceptors (Lipinski definition) is 2. The van der Waals surface area contributed by atoms with Crippen molar-refractivity contribution in [1.82, 2.24) is 4.98 Å². The predicted octanol–water partition coefficient (Wildman–Crippen LogP) is 3.93. The van der Waals surface area contributed by atoms with Crippen molar-refractivity contribution in [3.05, 3.63) is 78.1 Å². The number of nitrogens with zero attached hydrogens (tertiary/aromatic N) is 1. The van der Waals surface area contributed by atoms with Crippen molar-refractivity contribution < 1.29 is 5.11 Å². The molecule has 3 atom stereocenters. The van der Waals surface area contributed by atoms with E-state index in [-0.39, 0.29) is 5.92 Å². The van der Waals surface area contributed by atoms with Crippen LogP contribution in [0.25, 0.3) is 0 Å². The van der Waals surface area contributed by atoms with Crippen LogP contribution < -0.4 is 0 Å². The van der Waals surface area contributed by atoms with Gasteiger partial charge in [0.15, 0.2) is 0 Å². The molecule has 2 heteroatoms.